The van der Waals surface area contributed by atoms with E-state index in [1.54, 1.807) is 0 Å². The summed E-state index contributed by atoms with van der Waals surface area (Å²) in [4.78, 5) is 0. The van der Waals surface area contributed by atoms with Crippen LogP contribution in [-0.4, -0.2) is 32.2 Å². The highest BCUT2D eigenvalue weighted by Crippen LogP contribution is 2.16. The van der Waals surface area contributed by atoms with Crippen LogP contribution < -0.4 is 0 Å². The summed E-state index contributed by atoms with van der Waals surface area (Å²) < 4.78 is 15.0. The van der Waals surface area contributed by atoms with E-state index < -0.39 is 0 Å². The summed E-state index contributed by atoms with van der Waals surface area (Å²) in [6.45, 7) is 2.50. The number of epoxide rings is 2. The molecular weight excluding hydrogens is 120 g/mol. The Labute approximate surface area is 53.9 Å². The van der Waals surface area contributed by atoms with Crippen molar-refractivity contribution in [3.8, 4) is 0 Å². The fourth-order valence-electron chi connectivity index (χ4n) is 0.701. The Kier molecular flexibility index (Phi) is 1.41. The molecule has 9 heavy (non-hydrogen) atoms. The number of rotatable bonds is 4. The SMILES string of the molecule is C(C[C@H]1CO1)OC1CO1. The van der Waals surface area contributed by atoms with Gasteiger partial charge in [-0.15, -0.1) is 0 Å². The Bertz CT molecular complexity index is 84.5. The zero-order chi connectivity index (χ0) is 6.10. The van der Waals surface area contributed by atoms with Gasteiger partial charge in [-0.2, -0.15) is 0 Å². The fraction of sp³-hybridized carbons (Fsp3) is 1.00. The number of ether oxygens (including phenoxy) is 3. The Morgan fingerprint density at radius 1 is 1.33 bits per heavy atom. The van der Waals surface area contributed by atoms with E-state index in [0.29, 0.717) is 6.10 Å². The third-order valence-corrected chi connectivity index (χ3v) is 1.45. The lowest BCUT2D eigenvalue weighted by atomic mass is 10.3. The molecule has 0 aromatic carbocycles. The van der Waals surface area contributed by atoms with Crippen molar-refractivity contribution in [2.24, 2.45) is 0 Å². The second kappa shape index (κ2) is 2.25. The Morgan fingerprint density at radius 2 is 2.11 bits per heavy atom. The molecule has 0 aliphatic carbocycles. The molecule has 2 fully saturated rings. The molecule has 2 aliphatic heterocycles. The van der Waals surface area contributed by atoms with Gasteiger partial charge in [-0.25, -0.2) is 0 Å². The zero-order valence-corrected chi connectivity index (χ0v) is 5.21. The Balaban J connectivity index is 1.46. The Morgan fingerprint density at radius 3 is 2.67 bits per heavy atom. The van der Waals surface area contributed by atoms with E-state index in [9.17, 15) is 0 Å². The van der Waals surface area contributed by atoms with E-state index in [1.807, 2.05) is 0 Å². The molecule has 2 atom stereocenters. The summed E-state index contributed by atoms with van der Waals surface area (Å²) in [7, 11) is 0. The van der Waals surface area contributed by atoms with Crippen LogP contribution in [0.15, 0.2) is 0 Å². The van der Waals surface area contributed by atoms with Crippen molar-refractivity contribution < 1.29 is 14.2 Å². The molecule has 1 unspecified atom stereocenters. The van der Waals surface area contributed by atoms with Gasteiger partial charge in [0.25, 0.3) is 0 Å². The second-order valence-electron chi connectivity index (χ2n) is 2.38. The number of hydrogen-bond acceptors (Lipinski definition) is 3. The van der Waals surface area contributed by atoms with Gasteiger partial charge < -0.3 is 14.2 Å². The normalized spacial score (nSPS) is 38.7. The summed E-state index contributed by atoms with van der Waals surface area (Å²) in [5.41, 5.74) is 0. The maximum atomic E-state index is 5.20. The molecule has 0 bridgehead atoms. The predicted octanol–water partition coefficient (Wildman–Crippen LogP) is 0.148. The van der Waals surface area contributed by atoms with Crippen molar-refractivity contribution >= 4 is 0 Å². The van der Waals surface area contributed by atoms with Crippen molar-refractivity contribution in [1.29, 1.82) is 0 Å². The summed E-state index contributed by atoms with van der Waals surface area (Å²) in [6.07, 6.45) is 1.63. The van der Waals surface area contributed by atoms with Crippen molar-refractivity contribution in [2.75, 3.05) is 19.8 Å². The summed E-state index contributed by atoms with van der Waals surface area (Å²) in [6, 6.07) is 0. The maximum Gasteiger partial charge on any atom is 0.181 e. The van der Waals surface area contributed by atoms with Gasteiger partial charge in [0.1, 0.15) is 6.61 Å². The third kappa shape index (κ3) is 1.93. The van der Waals surface area contributed by atoms with Crippen LogP contribution in [0, 0.1) is 0 Å². The van der Waals surface area contributed by atoms with Crippen molar-refractivity contribution in [3.63, 3.8) is 0 Å². The standard InChI is InChI=1S/C6H10O3/c1(5-3-8-5)2-7-6-4-9-6/h5-6H,1-4H2/t5-,6?/m0/s1. The van der Waals surface area contributed by atoms with Gasteiger partial charge in [-0.3, -0.25) is 0 Å². The number of hydrogen-bond donors (Lipinski definition) is 0. The molecule has 0 spiro atoms. The minimum Gasteiger partial charge on any atom is -0.373 e. The van der Waals surface area contributed by atoms with Crippen molar-refractivity contribution in [2.45, 2.75) is 18.8 Å². The second-order valence-corrected chi connectivity index (χ2v) is 2.38. The summed E-state index contributed by atoms with van der Waals surface area (Å²) >= 11 is 0. The topological polar surface area (TPSA) is 34.3 Å². The first kappa shape index (κ1) is 5.65. The average Bonchev–Trinajstić information content (AvgIpc) is 2.57. The highest BCUT2D eigenvalue weighted by Gasteiger charge is 2.26. The molecule has 52 valence electrons. The maximum absolute atomic E-state index is 5.20. The molecule has 2 heterocycles. The van der Waals surface area contributed by atoms with Gasteiger partial charge in [0, 0.05) is 0 Å². The average molecular weight is 130 g/mol. The first-order chi connectivity index (χ1) is 4.45. The van der Waals surface area contributed by atoms with Crippen molar-refractivity contribution in [3.05, 3.63) is 0 Å². The van der Waals surface area contributed by atoms with Gasteiger partial charge in [0.05, 0.1) is 19.3 Å². The van der Waals surface area contributed by atoms with Crippen LogP contribution in [0.4, 0.5) is 0 Å². The molecule has 0 aromatic rings. The molecule has 2 saturated heterocycles. The lowest BCUT2D eigenvalue weighted by Gasteiger charge is -1.94. The molecule has 0 radical (unpaired) electrons. The van der Waals surface area contributed by atoms with E-state index in [-0.39, 0.29) is 6.29 Å². The summed E-state index contributed by atoms with van der Waals surface area (Å²) in [5.74, 6) is 0. The molecule has 0 aromatic heterocycles. The van der Waals surface area contributed by atoms with E-state index in [0.717, 1.165) is 26.2 Å². The van der Waals surface area contributed by atoms with E-state index in [1.165, 1.54) is 0 Å². The van der Waals surface area contributed by atoms with Crippen LogP contribution in [0.2, 0.25) is 0 Å². The van der Waals surface area contributed by atoms with Gasteiger partial charge in [0.15, 0.2) is 6.29 Å². The molecular formula is C6H10O3. The molecule has 0 amide bonds. The molecule has 2 aliphatic rings. The first-order valence-corrected chi connectivity index (χ1v) is 3.30. The molecule has 0 saturated carbocycles. The minimum absolute atomic E-state index is 0.115. The van der Waals surface area contributed by atoms with Crippen LogP contribution in [0.5, 0.6) is 0 Å². The molecule has 3 heteroatoms. The molecule has 2 rings (SSSR count). The highest BCUT2D eigenvalue weighted by atomic mass is 16.8. The van der Waals surface area contributed by atoms with E-state index in [4.69, 9.17) is 14.2 Å². The van der Waals surface area contributed by atoms with Gasteiger partial charge >= 0.3 is 0 Å². The van der Waals surface area contributed by atoms with Crippen LogP contribution >= 0.6 is 0 Å². The lowest BCUT2D eigenvalue weighted by Crippen LogP contribution is -2.00. The van der Waals surface area contributed by atoms with Crippen LogP contribution in [-0.2, 0) is 14.2 Å². The smallest absolute Gasteiger partial charge is 0.181 e. The zero-order valence-electron chi connectivity index (χ0n) is 5.21. The third-order valence-electron chi connectivity index (χ3n) is 1.45. The van der Waals surface area contributed by atoms with Crippen LogP contribution in [0.3, 0.4) is 0 Å². The summed E-state index contributed by atoms with van der Waals surface area (Å²) in [5, 5.41) is 0. The fourth-order valence-corrected chi connectivity index (χ4v) is 0.701. The Hall–Kier alpha value is -0.120. The van der Waals surface area contributed by atoms with Crippen LogP contribution in [0.25, 0.3) is 0 Å². The van der Waals surface area contributed by atoms with Crippen molar-refractivity contribution in [1.82, 2.24) is 0 Å². The van der Waals surface area contributed by atoms with E-state index >= 15 is 0 Å². The largest absolute Gasteiger partial charge is 0.373 e. The van der Waals surface area contributed by atoms with Crippen LogP contribution in [0.1, 0.15) is 6.42 Å². The van der Waals surface area contributed by atoms with E-state index in [2.05, 4.69) is 0 Å². The van der Waals surface area contributed by atoms with Gasteiger partial charge in [-0.05, 0) is 6.42 Å². The predicted molar refractivity (Wildman–Crippen MR) is 30.0 cm³/mol. The van der Waals surface area contributed by atoms with Gasteiger partial charge in [-0.1, -0.05) is 0 Å². The quantitative estimate of drug-likeness (QED) is 0.508. The minimum atomic E-state index is 0.115. The molecule has 3 nitrogen and oxygen atoms in total. The molecule has 0 N–H and O–H groups in total. The first-order valence-electron chi connectivity index (χ1n) is 3.30. The van der Waals surface area contributed by atoms with Gasteiger partial charge in [0.2, 0.25) is 0 Å². The highest BCUT2D eigenvalue weighted by molar-refractivity contribution is 4.68. The monoisotopic (exact) mass is 130 g/mol. The lowest BCUT2D eigenvalue weighted by molar-refractivity contribution is 0.0459.